The third-order valence-electron chi connectivity index (χ3n) is 4.15. The van der Waals surface area contributed by atoms with Crippen molar-refractivity contribution in [2.45, 2.75) is 18.8 Å². The molecule has 0 bridgehead atoms. The van der Waals surface area contributed by atoms with Gasteiger partial charge in [0.05, 0.1) is 0 Å². The average molecular weight is 302 g/mol. The maximum atomic E-state index is 12.5. The molecule has 0 spiro atoms. The molecule has 2 aromatic heterocycles. The van der Waals surface area contributed by atoms with E-state index in [1.807, 2.05) is 0 Å². The molecule has 0 aromatic carbocycles. The molecule has 1 aliphatic heterocycles. The van der Waals surface area contributed by atoms with Crippen LogP contribution in [0.3, 0.4) is 0 Å². The SMILES string of the molecule is Cn1cccc(C(=O)N2CCC(c3ccsc3)CC2)c1=O. The van der Waals surface area contributed by atoms with Crippen molar-refractivity contribution >= 4 is 17.2 Å². The molecule has 1 fully saturated rings. The maximum Gasteiger partial charge on any atom is 0.263 e. The second-order valence-corrected chi connectivity index (χ2v) is 6.24. The summed E-state index contributed by atoms with van der Waals surface area (Å²) >= 11 is 1.72. The van der Waals surface area contributed by atoms with E-state index >= 15 is 0 Å². The molecular formula is C16H18N2O2S. The van der Waals surface area contributed by atoms with Crippen LogP contribution in [0.25, 0.3) is 0 Å². The van der Waals surface area contributed by atoms with Gasteiger partial charge in [-0.25, -0.2) is 0 Å². The minimum absolute atomic E-state index is 0.139. The summed E-state index contributed by atoms with van der Waals surface area (Å²) in [4.78, 5) is 26.3. The summed E-state index contributed by atoms with van der Waals surface area (Å²) in [5.41, 5.74) is 1.43. The van der Waals surface area contributed by atoms with E-state index in [-0.39, 0.29) is 17.0 Å². The van der Waals surface area contributed by atoms with Gasteiger partial charge in [-0.1, -0.05) is 0 Å². The van der Waals surface area contributed by atoms with Crippen LogP contribution >= 0.6 is 11.3 Å². The lowest BCUT2D eigenvalue weighted by atomic mass is 9.91. The zero-order chi connectivity index (χ0) is 14.8. The first-order valence-corrected chi connectivity index (χ1v) is 8.08. The third-order valence-corrected chi connectivity index (χ3v) is 4.85. The summed E-state index contributed by atoms with van der Waals surface area (Å²) in [7, 11) is 1.67. The molecule has 0 saturated carbocycles. The number of pyridine rings is 1. The molecule has 4 nitrogen and oxygen atoms in total. The van der Waals surface area contributed by atoms with Crippen molar-refractivity contribution in [2.24, 2.45) is 7.05 Å². The minimum Gasteiger partial charge on any atom is -0.338 e. The quantitative estimate of drug-likeness (QED) is 0.855. The minimum atomic E-state index is -0.220. The van der Waals surface area contributed by atoms with E-state index in [0.717, 1.165) is 25.9 Å². The molecule has 1 saturated heterocycles. The van der Waals surface area contributed by atoms with E-state index < -0.39 is 0 Å². The topological polar surface area (TPSA) is 42.3 Å². The van der Waals surface area contributed by atoms with Gasteiger partial charge in [0.15, 0.2) is 0 Å². The molecule has 3 heterocycles. The number of rotatable bonds is 2. The van der Waals surface area contributed by atoms with Gasteiger partial charge in [0.2, 0.25) is 0 Å². The second kappa shape index (κ2) is 5.85. The smallest absolute Gasteiger partial charge is 0.263 e. The lowest BCUT2D eigenvalue weighted by molar-refractivity contribution is 0.0710. The average Bonchev–Trinajstić information content (AvgIpc) is 3.04. The number of nitrogens with zero attached hydrogens (tertiary/aromatic N) is 2. The van der Waals surface area contributed by atoms with Crippen molar-refractivity contribution in [3.8, 4) is 0 Å². The molecule has 2 aromatic rings. The largest absolute Gasteiger partial charge is 0.338 e. The zero-order valence-electron chi connectivity index (χ0n) is 12.0. The summed E-state index contributed by atoms with van der Waals surface area (Å²) in [5, 5.41) is 4.29. The number of carbonyl (C=O) groups is 1. The predicted octanol–water partition coefficient (Wildman–Crippen LogP) is 2.47. The standard InChI is InChI=1S/C16H18N2O2S/c1-17-7-2-3-14(15(17)19)16(20)18-8-4-12(5-9-18)13-6-10-21-11-13/h2-3,6-7,10-12H,4-5,8-9H2,1H3. The van der Waals surface area contributed by atoms with Crippen LogP contribution in [0.5, 0.6) is 0 Å². The summed E-state index contributed by atoms with van der Waals surface area (Å²) in [6.45, 7) is 1.44. The molecular weight excluding hydrogens is 284 g/mol. The molecule has 0 atom stereocenters. The molecule has 1 amide bonds. The van der Waals surface area contributed by atoms with E-state index in [0.29, 0.717) is 5.92 Å². The fourth-order valence-electron chi connectivity index (χ4n) is 2.85. The van der Waals surface area contributed by atoms with Gasteiger partial charge in [-0.2, -0.15) is 11.3 Å². The number of amides is 1. The highest BCUT2D eigenvalue weighted by Crippen LogP contribution is 2.29. The van der Waals surface area contributed by atoms with Crippen molar-refractivity contribution in [1.82, 2.24) is 9.47 Å². The van der Waals surface area contributed by atoms with E-state index in [9.17, 15) is 9.59 Å². The first kappa shape index (κ1) is 14.1. The van der Waals surface area contributed by atoms with Crippen LogP contribution in [-0.2, 0) is 7.05 Å². The number of thiophene rings is 1. The Kier molecular flexibility index (Phi) is 3.92. The van der Waals surface area contributed by atoms with Crippen LogP contribution in [0.2, 0.25) is 0 Å². The zero-order valence-corrected chi connectivity index (χ0v) is 12.8. The summed E-state index contributed by atoms with van der Waals surface area (Å²) in [6, 6.07) is 5.53. The number of likely N-dealkylation sites (tertiary alicyclic amines) is 1. The summed E-state index contributed by atoms with van der Waals surface area (Å²) in [5.74, 6) is 0.402. The van der Waals surface area contributed by atoms with Crippen LogP contribution < -0.4 is 5.56 Å². The number of hydrogen-bond acceptors (Lipinski definition) is 3. The highest BCUT2D eigenvalue weighted by molar-refractivity contribution is 7.07. The van der Waals surface area contributed by atoms with Gasteiger partial charge in [0.25, 0.3) is 11.5 Å². The number of hydrogen-bond donors (Lipinski definition) is 0. The highest BCUT2D eigenvalue weighted by Gasteiger charge is 2.26. The van der Waals surface area contributed by atoms with Crippen LogP contribution in [0.15, 0.2) is 40.0 Å². The van der Waals surface area contributed by atoms with E-state index in [1.165, 1.54) is 10.1 Å². The van der Waals surface area contributed by atoms with Crippen molar-refractivity contribution in [2.75, 3.05) is 13.1 Å². The first-order chi connectivity index (χ1) is 10.2. The Hall–Kier alpha value is -1.88. The van der Waals surface area contributed by atoms with Crippen molar-refractivity contribution in [1.29, 1.82) is 0 Å². The van der Waals surface area contributed by atoms with Crippen LogP contribution in [0.4, 0.5) is 0 Å². The van der Waals surface area contributed by atoms with Gasteiger partial charge < -0.3 is 9.47 Å². The molecule has 110 valence electrons. The Balaban J connectivity index is 1.71. The third kappa shape index (κ3) is 2.78. The Morgan fingerprint density at radius 3 is 2.71 bits per heavy atom. The van der Waals surface area contributed by atoms with Crippen molar-refractivity contribution < 1.29 is 4.79 Å². The molecule has 1 aliphatic rings. The Morgan fingerprint density at radius 1 is 1.29 bits per heavy atom. The maximum absolute atomic E-state index is 12.5. The summed E-state index contributed by atoms with van der Waals surface area (Å²) in [6.07, 6.45) is 3.60. The highest BCUT2D eigenvalue weighted by atomic mass is 32.1. The summed E-state index contributed by atoms with van der Waals surface area (Å²) < 4.78 is 1.45. The Bertz CT molecular complexity index is 683. The lowest BCUT2D eigenvalue weighted by Gasteiger charge is -2.31. The number of aromatic nitrogens is 1. The molecule has 0 N–H and O–H groups in total. The lowest BCUT2D eigenvalue weighted by Crippen LogP contribution is -2.40. The van der Waals surface area contributed by atoms with Crippen molar-refractivity contribution in [3.05, 3.63) is 56.6 Å². The van der Waals surface area contributed by atoms with Gasteiger partial charge in [-0.3, -0.25) is 9.59 Å². The molecule has 0 unspecified atom stereocenters. The molecule has 3 rings (SSSR count). The van der Waals surface area contributed by atoms with Crippen molar-refractivity contribution in [3.63, 3.8) is 0 Å². The molecule has 0 radical (unpaired) electrons. The van der Waals surface area contributed by atoms with Gasteiger partial charge in [0.1, 0.15) is 5.56 Å². The van der Waals surface area contributed by atoms with E-state index in [2.05, 4.69) is 16.8 Å². The van der Waals surface area contributed by atoms with E-state index in [1.54, 1.807) is 41.6 Å². The monoisotopic (exact) mass is 302 g/mol. The number of aryl methyl sites for hydroxylation is 1. The van der Waals surface area contributed by atoms with Crippen LogP contribution in [-0.4, -0.2) is 28.5 Å². The van der Waals surface area contributed by atoms with Gasteiger partial charge in [0, 0.05) is 26.3 Å². The molecule has 21 heavy (non-hydrogen) atoms. The van der Waals surface area contributed by atoms with Gasteiger partial charge in [-0.15, -0.1) is 0 Å². The number of carbonyl (C=O) groups excluding carboxylic acids is 1. The molecule has 0 aliphatic carbocycles. The second-order valence-electron chi connectivity index (χ2n) is 5.46. The van der Waals surface area contributed by atoms with E-state index in [4.69, 9.17) is 0 Å². The fraction of sp³-hybridized carbons (Fsp3) is 0.375. The predicted molar refractivity (Wildman–Crippen MR) is 83.9 cm³/mol. The Labute approximate surface area is 127 Å². The normalized spacial score (nSPS) is 16.1. The van der Waals surface area contributed by atoms with Gasteiger partial charge >= 0.3 is 0 Å². The van der Waals surface area contributed by atoms with Gasteiger partial charge in [-0.05, 0) is 53.3 Å². The number of piperidine rings is 1. The van der Waals surface area contributed by atoms with Crippen LogP contribution in [0, 0.1) is 0 Å². The first-order valence-electron chi connectivity index (χ1n) is 7.14. The van der Waals surface area contributed by atoms with Crippen LogP contribution in [0.1, 0.15) is 34.7 Å². The Morgan fingerprint density at radius 2 is 2.05 bits per heavy atom. The fourth-order valence-corrected chi connectivity index (χ4v) is 3.60. The molecule has 5 heteroatoms.